The van der Waals surface area contributed by atoms with E-state index >= 15 is 0 Å². The molecular weight excluding hydrogens is 170 g/mol. The van der Waals surface area contributed by atoms with Gasteiger partial charge in [-0.25, -0.2) is 0 Å². The smallest absolute Gasteiger partial charge is 0.0468 e. The van der Waals surface area contributed by atoms with Crippen LogP contribution in [-0.4, -0.2) is 4.98 Å². The van der Waals surface area contributed by atoms with E-state index < -0.39 is 0 Å². The third-order valence-corrected chi connectivity index (χ3v) is 1.75. The third-order valence-electron chi connectivity index (χ3n) is 1.52. The lowest BCUT2D eigenvalue weighted by molar-refractivity contribution is 1.48. The molecule has 0 aliphatic rings. The molecule has 12 heavy (non-hydrogen) atoms. The van der Waals surface area contributed by atoms with Gasteiger partial charge < -0.3 is 4.98 Å². The standard InChI is InChI=1S/C8H6ClN.C2H6/c9-7-2-1-6-3-4-10-8(6)5-7;1-2/h1-5,10H;1-2H3. The molecule has 2 aromatic rings. The molecule has 64 valence electrons. The van der Waals surface area contributed by atoms with Gasteiger partial charge in [-0.05, 0) is 23.6 Å². The average Bonchev–Trinajstić information content (AvgIpc) is 2.54. The van der Waals surface area contributed by atoms with E-state index in [1.54, 1.807) is 0 Å². The summed E-state index contributed by atoms with van der Waals surface area (Å²) in [7, 11) is 0. The second-order valence-corrected chi connectivity index (χ2v) is 2.65. The zero-order valence-corrected chi connectivity index (χ0v) is 8.02. The number of halogens is 1. The summed E-state index contributed by atoms with van der Waals surface area (Å²) in [5.74, 6) is 0. The first-order valence-electron chi connectivity index (χ1n) is 4.09. The number of H-pyrrole nitrogens is 1. The van der Waals surface area contributed by atoms with Gasteiger partial charge in [-0.3, -0.25) is 0 Å². The van der Waals surface area contributed by atoms with Crippen LogP contribution in [0.3, 0.4) is 0 Å². The van der Waals surface area contributed by atoms with Gasteiger partial charge in [0.2, 0.25) is 0 Å². The zero-order valence-electron chi connectivity index (χ0n) is 7.26. The van der Waals surface area contributed by atoms with Crippen LogP contribution in [-0.2, 0) is 0 Å². The Morgan fingerprint density at radius 2 is 1.92 bits per heavy atom. The Morgan fingerprint density at radius 3 is 2.67 bits per heavy atom. The molecule has 0 saturated carbocycles. The minimum Gasteiger partial charge on any atom is -0.361 e. The molecule has 0 radical (unpaired) electrons. The Morgan fingerprint density at radius 1 is 1.17 bits per heavy atom. The van der Waals surface area contributed by atoms with Crippen molar-refractivity contribution in [3.05, 3.63) is 35.5 Å². The second-order valence-electron chi connectivity index (χ2n) is 2.21. The monoisotopic (exact) mass is 181 g/mol. The molecule has 0 amide bonds. The van der Waals surface area contributed by atoms with E-state index in [2.05, 4.69) is 4.98 Å². The summed E-state index contributed by atoms with van der Waals surface area (Å²) in [5, 5.41) is 1.97. The maximum Gasteiger partial charge on any atom is 0.0468 e. The maximum atomic E-state index is 5.76. The van der Waals surface area contributed by atoms with Crippen molar-refractivity contribution >= 4 is 22.5 Å². The van der Waals surface area contributed by atoms with E-state index in [4.69, 9.17) is 11.6 Å². The van der Waals surface area contributed by atoms with E-state index in [1.807, 2.05) is 44.3 Å². The Balaban J connectivity index is 0.000000336. The second kappa shape index (κ2) is 4.17. The molecule has 1 nitrogen and oxygen atoms in total. The number of hydrogen-bond donors (Lipinski definition) is 1. The first-order chi connectivity index (χ1) is 5.86. The average molecular weight is 182 g/mol. The molecule has 2 rings (SSSR count). The summed E-state index contributed by atoms with van der Waals surface area (Å²) in [5.41, 5.74) is 1.09. The van der Waals surface area contributed by atoms with Crippen LogP contribution in [0, 0.1) is 0 Å². The SMILES string of the molecule is CC.Clc1ccc2cc[nH]c2c1. The molecule has 0 unspecified atom stereocenters. The Labute approximate surface area is 77.4 Å². The van der Waals surface area contributed by atoms with Crippen LogP contribution in [0.4, 0.5) is 0 Å². The highest BCUT2D eigenvalue weighted by Crippen LogP contribution is 2.16. The summed E-state index contributed by atoms with van der Waals surface area (Å²) in [6.45, 7) is 4.00. The van der Waals surface area contributed by atoms with Crippen molar-refractivity contribution in [1.82, 2.24) is 4.98 Å². The van der Waals surface area contributed by atoms with Crippen molar-refractivity contribution in [1.29, 1.82) is 0 Å². The van der Waals surface area contributed by atoms with Crippen molar-refractivity contribution in [2.45, 2.75) is 13.8 Å². The molecule has 0 spiro atoms. The molecule has 2 heteroatoms. The highest BCUT2D eigenvalue weighted by molar-refractivity contribution is 6.31. The predicted molar refractivity (Wildman–Crippen MR) is 54.7 cm³/mol. The van der Waals surface area contributed by atoms with Gasteiger partial charge >= 0.3 is 0 Å². The summed E-state index contributed by atoms with van der Waals surface area (Å²) in [6.07, 6.45) is 1.90. The summed E-state index contributed by atoms with van der Waals surface area (Å²) in [4.78, 5) is 3.08. The Hall–Kier alpha value is -0.950. The lowest BCUT2D eigenvalue weighted by Crippen LogP contribution is -1.65. The number of fused-ring (bicyclic) bond motifs is 1. The fraction of sp³-hybridized carbons (Fsp3) is 0.200. The first kappa shape index (κ1) is 9.14. The molecule has 0 fully saturated rings. The van der Waals surface area contributed by atoms with Crippen LogP contribution in [0.15, 0.2) is 30.5 Å². The van der Waals surface area contributed by atoms with E-state index in [-0.39, 0.29) is 0 Å². The van der Waals surface area contributed by atoms with Crippen LogP contribution in [0.5, 0.6) is 0 Å². The van der Waals surface area contributed by atoms with Crippen LogP contribution in [0.2, 0.25) is 5.02 Å². The molecule has 1 aromatic carbocycles. The van der Waals surface area contributed by atoms with Crippen LogP contribution in [0.25, 0.3) is 10.9 Å². The van der Waals surface area contributed by atoms with Gasteiger partial charge in [-0.2, -0.15) is 0 Å². The fourth-order valence-corrected chi connectivity index (χ4v) is 1.19. The van der Waals surface area contributed by atoms with Crippen molar-refractivity contribution in [2.75, 3.05) is 0 Å². The minimum absolute atomic E-state index is 0.773. The highest BCUT2D eigenvalue weighted by Gasteiger charge is 1.92. The maximum absolute atomic E-state index is 5.76. The van der Waals surface area contributed by atoms with Gasteiger partial charge in [0, 0.05) is 16.7 Å². The van der Waals surface area contributed by atoms with Gasteiger partial charge in [0.1, 0.15) is 0 Å². The third kappa shape index (κ3) is 1.80. The number of nitrogens with one attached hydrogen (secondary N) is 1. The summed E-state index contributed by atoms with van der Waals surface area (Å²) in [6, 6.07) is 7.81. The number of aromatic amines is 1. The number of hydrogen-bond acceptors (Lipinski definition) is 0. The van der Waals surface area contributed by atoms with Crippen molar-refractivity contribution in [3.8, 4) is 0 Å². The molecule has 1 heterocycles. The van der Waals surface area contributed by atoms with E-state index in [9.17, 15) is 0 Å². The topological polar surface area (TPSA) is 15.8 Å². The normalized spacial score (nSPS) is 9.25. The first-order valence-corrected chi connectivity index (χ1v) is 4.47. The lowest BCUT2D eigenvalue weighted by atomic mass is 10.2. The van der Waals surface area contributed by atoms with Gasteiger partial charge in [-0.1, -0.05) is 31.5 Å². The van der Waals surface area contributed by atoms with Gasteiger partial charge in [0.15, 0.2) is 0 Å². The number of benzene rings is 1. The zero-order chi connectivity index (χ0) is 8.97. The summed E-state index contributed by atoms with van der Waals surface area (Å²) < 4.78 is 0. The fourth-order valence-electron chi connectivity index (χ4n) is 1.02. The van der Waals surface area contributed by atoms with Crippen LogP contribution < -0.4 is 0 Å². The Bertz CT molecular complexity index is 351. The minimum atomic E-state index is 0.773. The van der Waals surface area contributed by atoms with Gasteiger partial charge in [-0.15, -0.1) is 0 Å². The van der Waals surface area contributed by atoms with E-state index in [0.29, 0.717) is 0 Å². The molecule has 1 N–H and O–H groups in total. The van der Waals surface area contributed by atoms with Crippen molar-refractivity contribution in [3.63, 3.8) is 0 Å². The Kier molecular flexibility index (Phi) is 3.18. The molecule has 0 aliphatic carbocycles. The molecule has 1 aromatic heterocycles. The van der Waals surface area contributed by atoms with Crippen molar-refractivity contribution < 1.29 is 0 Å². The molecule has 0 saturated heterocycles. The molecular formula is C10H12ClN. The summed E-state index contributed by atoms with van der Waals surface area (Å²) >= 11 is 5.76. The lowest BCUT2D eigenvalue weighted by Gasteiger charge is -1.88. The number of rotatable bonds is 0. The van der Waals surface area contributed by atoms with Crippen LogP contribution >= 0.6 is 11.6 Å². The molecule has 0 aliphatic heterocycles. The van der Waals surface area contributed by atoms with Crippen LogP contribution in [0.1, 0.15) is 13.8 Å². The largest absolute Gasteiger partial charge is 0.361 e. The predicted octanol–water partition coefficient (Wildman–Crippen LogP) is 3.85. The van der Waals surface area contributed by atoms with Gasteiger partial charge in [0.25, 0.3) is 0 Å². The molecule has 0 bridgehead atoms. The molecule has 0 atom stereocenters. The van der Waals surface area contributed by atoms with Crippen molar-refractivity contribution in [2.24, 2.45) is 0 Å². The highest BCUT2D eigenvalue weighted by atomic mass is 35.5. The van der Waals surface area contributed by atoms with Gasteiger partial charge in [0.05, 0.1) is 0 Å². The number of aromatic nitrogens is 1. The quantitative estimate of drug-likeness (QED) is 0.636. The van der Waals surface area contributed by atoms with E-state index in [0.717, 1.165) is 10.5 Å². The van der Waals surface area contributed by atoms with E-state index in [1.165, 1.54) is 5.39 Å².